The van der Waals surface area contributed by atoms with Gasteiger partial charge in [-0.25, -0.2) is 9.78 Å². The molecule has 1 aromatic heterocycles. The number of nitrogens with zero attached hydrogens (tertiary/aromatic N) is 2. The Morgan fingerprint density at radius 2 is 1.78 bits per heavy atom. The molecule has 8 nitrogen and oxygen atoms in total. The highest BCUT2D eigenvalue weighted by atomic mass is 32.2. The summed E-state index contributed by atoms with van der Waals surface area (Å²) in [5.74, 6) is -0.630. The predicted molar refractivity (Wildman–Crippen MR) is 140 cm³/mol. The van der Waals surface area contributed by atoms with Crippen LogP contribution in [0.3, 0.4) is 0 Å². The molecule has 0 bridgehead atoms. The number of hydrogen-bond acceptors (Lipinski definition) is 8. The monoisotopic (exact) mass is 520 g/mol. The van der Waals surface area contributed by atoms with Crippen molar-refractivity contribution >= 4 is 51.6 Å². The molecular weight excluding hydrogens is 496 g/mol. The molecule has 0 radical (unpaired) electrons. The molecule has 1 saturated heterocycles. The quantitative estimate of drug-likeness (QED) is 0.360. The Hall–Kier alpha value is -3.47. The van der Waals surface area contributed by atoms with Crippen LogP contribution >= 0.6 is 23.1 Å². The normalized spacial score (nSPS) is 19.1. The number of amides is 2. The number of fused-ring (bicyclic) bond motifs is 1. The minimum absolute atomic E-state index is 0.153. The largest absolute Gasteiger partial charge is 0.448 e. The minimum Gasteiger partial charge on any atom is -0.448 e. The number of nitrogens with two attached hydrogens (primary N) is 1. The van der Waals surface area contributed by atoms with Gasteiger partial charge >= 0.3 is 5.97 Å². The van der Waals surface area contributed by atoms with Crippen LogP contribution in [0.15, 0.2) is 72.6 Å². The zero-order valence-electron chi connectivity index (χ0n) is 19.4. The van der Waals surface area contributed by atoms with Crippen LogP contribution in [0.4, 0.5) is 5.13 Å². The number of carbonyl (C=O) groups excluding carboxylic acids is 3. The molecule has 3 heterocycles. The van der Waals surface area contributed by atoms with Gasteiger partial charge in [0.25, 0.3) is 0 Å². The maximum atomic E-state index is 13.8. The first-order valence-corrected chi connectivity index (χ1v) is 13.3. The third kappa shape index (κ3) is 4.55. The summed E-state index contributed by atoms with van der Waals surface area (Å²) in [5.41, 5.74) is 8.48. The van der Waals surface area contributed by atoms with Crippen LogP contribution in [0.5, 0.6) is 0 Å². The second kappa shape index (κ2) is 10.3. The summed E-state index contributed by atoms with van der Waals surface area (Å²) >= 11 is 2.75. The smallest absolute Gasteiger partial charge is 0.356 e. The van der Waals surface area contributed by atoms with Crippen LogP contribution in [0.2, 0.25) is 0 Å². The van der Waals surface area contributed by atoms with Crippen molar-refractivity contribution in [2.75, 3.05) is 11.1 Å². The number of hydrogen-bond donors (Lipinski definition) is 2. The summed E-state index contributed by atoms with van der Waals surface area (Å²) in [6, 6.07) is 18.3. The average Bonchev–Trinajstić information content (AvgIpc) is 3.39. The standard InChI is InChI=1S/C26H24N4O4S2/c1-2-19(31)29-26-28-13-18(36-26)17-14-35-24-20(27)23(32)30(24)21(17)25(33)34-22(15-9-5-3-6-10-15)16-11-7-4-8-12-16/h3-13,20,22,24H,2,14,27H2,1H3,(H,28,29,31). The molecule has 184 valence electrons. The SMILES string of the molecule is CCC(=O)Nc1ncc(C2=C(C(=O)OC(c3ccccc3)c3ccccc3)N3C(=O)C(N)C3SC2)s1. The Balaban J connectivity index is 1.53. The first-order chi connectivity index (χ1) is 17.5. The van der Waals surface area contributed by atoms with Crippen LogP contribution in [0.25, 0.3) is 5.57 Å². The molecule has 1 fully saturated rings. The van der Waals surface area contributed by atoms with Crippen molar-refractivity contribution in [3.63, 3.8) is 0 Å². The van der Waals surface area contributed by atoms with Gasteiger partial charge in [-0.3, -0.25) is 14.5 Å². The van der Waals surface area contributed by atoms with Gasteiger partial charge in [-0.1, -0.05) is 78.9 Å². The second-order valence-corrected chi connectivity index (χ2v) is 10.4. The van der Waals surface area contributed by atoms with E-state index < -0.39 is 18.1 Å². The van der Waals surface area contributed by atoms with Gasteiger partial charge in [0.2, 0.25) is 11.8 Å². The van der Waals surface area contributed by atoms with Crippen molar-refractivity contribution in [1.82, 2.24) is 9.88 Å². The summed E-state index contributed by atoms with van der Waals surface area (Å²) in [4.78, 5) is 44.8. The maximum Gasteiger partial charge on any atom is 0.356 e. The van der Waals surface area contributed by atoms with Crippen LogP contribution in [-0.2, 0) is 19.1 Å². The summed E-state index contributed by atoms with van der Waals surface area (Å²) in [6.07, 6.45) is 1.27. The number of aromatic nitrogens is 1. The van der Waals surface area contributed by atoms with Crippen molar-refractivity contribution in [3.05, 3.63) is 88.6 Å². The van der Waals surface area contributed by atoms with E-state index in [9.17, 15) is 14.4 Å². The third-order valence-corrected chi connectivity index (χ3v) is 8.28. The van der Waals surface area contributed by atoms with Gasteiger partial charge in [0.1, 0.15) is 17.1 Å². The number of anilines is 1. The average molecular weight is 521 g/mol. The lowest BCUT2D eigenvalue weighted by atomic mass is 10.0. The highest BCUT2D eigenvalue weighted by Crippen LogP contribution is 2.45. The van der Waals surface area contributed by atoms with Gasteiger partial charge in [0.05, 0.1) is 4.88 Å². The number of benzene rings is 2. The molecule has 0 spiro atoms. The lowest BCUT2D eigenvalue weighted by molar-refractivity contribution is -0.152. The third-order valence-electron chi connectivity index (χ3n) is 6.00. The number of β-lactam (4-membered cyclic amide) rings is 1. The van der Waals surface area contributed by atoms with E-state index in [1.54, 1.807) is 13.1 Å². The number of esters is 1. The van der Waals surface area contributed by atoms with Crippen molar-refractivity contribution in [2.45, 2.75) is 30.9 Å². The molecule has 3 N–H and O–H groups in total. The summed E-state index contributed by atoms with van der Waals surface area (Å²) in [6.45, 7) is 1.76. The molecule has 2 unspecified atom stereocenters. The number of carbonyl (C=O) groups is 3. The van der Waals surface area contributed by atoms with Crippen molar-refractivity contribution < 1.29 is 19.1 Å². The summed E-state index contributed by atoms with van der Waals surface area (Å²) in [5, 5.41) is 2.84. The second-order valence-electron chi connectivity index (χ2n) is 8.30. The zero-order chi connectivity index (χ0) is 25.2. The Labute approximate surface area is 216 Å². The Morgan fingerprint density at radius 1 is 1.14 bits per heavy atom. The number of ether oxygens (including phenoxy) is 1. The number of thioether (sulfide) groups is 1. The molecule has 0 saturated carbocycles. The predicted octanol–water partition coefficient (Wildman–Crippen LogP) is 3.78. The van der Waals surface area contributed by atoms with E-state index in [1.165, 1.54) is 28.0 Å². The fraction of sp³-hybridized carbons (Fsp3) is 0.231. The van der Waals surface area contributed by atoms with E-state index in [2.05, 4.69) is 10.3 Å². The Kier molecular flexibility index (Phi) is 6.90. The van der Waals surface area contributed by atoms with Crippen molar-refractivity contribution in [2.24, 2.45) is 5.73 Å². The van der Waals surface area contributed by atoms with Crippen LogP contribution in [-0.4, -0.2) is 44.8 Å². The van der Waals surface area contributed by atoms with Gasteiger partial charge < -0.3 is 15.8 Å². The van der Waals surface area contributed by atoms with E-state index in [1.807, 2.05) is 60.7 Å². The van der Waals surface area contributed by atoms with Crippen molar-refractivity contribution in [1.29, 1.82) is 0 Å². The topological polar surface area (TPSA) is 115 Å². The molecule has 2 aromatic carbocycles. The lowest BCUT2D eigenvalue weighted by Gasteiger charge is -2.48. The molecule has 2 aliphatic heterocycles. The summed E-state index contributed by atoms with van der Waals surface area (Å²) in [7, 11) is 0. The van der Waals surface area contributed by atoms with Crippen LogP contribution in [0.1, 0.15) is 35.5 Å². The molecule has 36 heavy (non-hydrogen) atoms. The molecule has 3 aromatic rings. The maximum absolute atomic E-state index is 13.8. The Bertz CT molecular complexity index is 1290. The molecule has 2 amide bonds. The molecule has 0 aliphatic carbocycles. The number of rotatable bonds is 7. The lowest BCUT2D eigenvalue weighted by Crippen LogP contribution is -2.68. The molecule has 2 aliphatic rings. The number of thiazole rings is 1. The van der Waals surface area contributed by atoms with Gasteiger partial charge in [0, 0.05) is 23.9 Å². The zero-order valence-corrected chi connectivity index (χ0v) is 21.1. The molecule has 2 atom stereocenters. The fourth-order valence-corrected chi connectivity index (χ4v) is 6.40. The van der Waals surface area contributed by atoms with E-state index >= 15 is 0 Å². The van der Waals surface area contributed by atoms with Crippen LogP contribution < -0.4 is 11.1 Å². The summed E-state index contributed by atoms with van der Waals surface area (Å²) < 4.78 is 6.11. The van der Waals surface area contributed by atoms with Gasteiger partial charge in [0.15, 0.2) is 11.2 Å². The van der Waals surface area contributed by atoms with Crippen molar-refractivity contribution in [3.8, 4) is 0 Å². The van der Waals surface area contributed by atoms with Gasteiger partial charge in [-0.05, 0) is 11.1 Å². The molecule has 10 heteroatoms. The van der Waals surface area contributed by atoms with E-state index in [0.717, 1.165) is 11.1 Å². The highest BCUT2D eigenvalue weighted by molar-refractivity contribution is 8.00. The Morgan fingerprint density at radius 3 is 2.39 bits per heavy atom. The first-order valence-electron chi connectivity index (χ1n) is 11.5. The van der Waals surface area contributed by atoms with E-state index in [-0.39, 0.29) is 22.9 Å². The number of nitrogens with one attached hydrogen (secondary N) is 1. The highest BCUT2D eigenvalue weighted by Gasteiger charge is 2.52. The minimum atomic E-state index is -0.667. The molecular formula is C26H24N4O4S2. The van der Waals surface area contributed by atoms with E-state index in [0.29, 0.717) is 27.8 Å². The first kappa shape index (κ1) is 24.2. The van der Waals surface area contributed by atoms with Gasteiger partial charge in [-0.2, -0.15) is 0 Å². The molecule has 5 rings (SSSR count). The van der Waals surface area contributed by atoms with Gasteiger partial charge in [-0.15, -0.1) is 11.8 Å². The fourth-order valence-electron chi connectivity index (χ4n) is 4.12. The van der Waals surface area contributed by atoms with E-state index in [4.69, 9.17) is 10.5 Å². The van der Waals surface area contributed by atoms with Crippen LogP contribution in [0, 0.1) is 0 Å².